The van der Waals surface area contributed by atoms with Crippen molar-refractivity contribution in [2.24, 2.45) is 23.2 Å². The van der Waals surface area contributed by atoms with Gasteiger partial charge < -0.3 is 0 Å². The third-order valence-electron chi connectivity index (χ3n) is 4.69. The first kappa shape index (κ1) is 9.97. The van der Waals surface area contributed by atoms with Crippen molar-refractivity contribution in [3.8, 4) is 0 Å². The van der Waals surface area contributed by atoms with Crippen molar-refractivity contribution < 1.29 is 0 Å². The second-order valence-electron chi connectivity index (χ2n) is 5.75. The lowest BCUT2D eigenvalue weighted by molar-refractivity contribution is 0.118. The summed E-state index contributed by atoms with van der Waals surface area (Å²) in [5.74, 6) is 2.91. The maximum absolute atomic E-state index is 2.53. The fraction of sp³-hybridized carbons (Fsp3) is 1.00. The summed E-state index contributed by atoms with van der Waals surface area (Å²) >= 11 is 0. The summed E-state index contributed by atoms with van der Waals surface area (Å²) in [5, 5.41) is 0. The Labute approximate surface area is 84.2 Å². The van der Waals surface area contributed by atoms with Gasteiger partial charge in [0.15, 0.2) is 0 Å². The van der Waals surface area contributed by atoms with Crippen LogP contribution in [0, 0.1) is 23.2 Å². The molecule has 0 aromatic heterocycles. The van der Waals surface area contributed by atoms with Gasteiger partial charge in [-0.15, -0.1) is 7.92 Å². The van der Waals surface area contributed by atoms with Crippen molar-refractivity contribution >= 4 is 7.92 Å². The van der Waals surface area contributed by atoms with Crippen molar-refractivity contribution in [3.63, 3.8) is 0 Å². The van der Waals surface area contributed by atoms with Crippen LogP contribution in [-0.4, -0.2) is 18.5 Å². The van der Waals surface area contributed by atoms with Crippen molar-refractivity contribution in [3.05, 3.63) is 0 Å². The van der Waals surface area contributed by atoms with Crippen LogP contribution >= 0.6 is 7.92 Å². The summed E-state index contributed by atoms with van der Waals surface area (Å²) in [5.41, 5.74) is 1.89. The zero-order chi connectivity index (χ0) is 9.80. The molecule has 76 valence electrons. The highest BCUT2D eigenvalue weighted by molar-refractivity contribution is 7.58. The van der Waals surface area contributed by atoms with Crippen LogP contribution in [0.2, 0.25) is 0 Å². The van der Waals surface area contributed by atoms with E-state index in [0.717, 1.165) is 23.2 Å². The second kappa shape index (κ2) is 2.96. The molecule has 0 bridgehead atoms. The minimum absolute atomic E-state index is 0.395. The number of fused-ring (bicyclic) bond motifs is 1. The van der Waals surface area contributed by atoms with E-state index in [2.05, 4.69) is 34.4 Å². The zero-order valence-corrected chi connectivity index (χ0v) is 10.6. The van der Waals surface area contributed by atoms with Crippen LogP contribution in [0.25, 0.3) is 0 Å². The fourth-order valence-corrected chi connectivity index (χ4v) is 7.34. The van der Waals surface area contributed by atoms with Crippen LogP contribution in [0.3, 0.4) is 0 Å². The fourth-order valence-electron chi connectivity index (χ4n) is 3.80. The van der Waals surface area contributed by atoms with Gasteiger partial charge in [0.25, 0.3) is 0 Å². The van der Waals surface area contributed by atoms with E-state index in [1.165, 1.54) is 5.66 Å². The Morgan fingerprint density at radius 1 is 1.15 bits per heavy atom. The molecule has 0 amide bonds. The number of hydrogen-bond donors (Lipinski definition) is 0. The SMILES string of the molecule is CC(C)C1(C(C)C)CP(C)C2CC21. The van der Waals surface area contributed by atoms with Crippen molar-refractivity contribution in [2.75, 3.05) is 12.8 Å². The molecule has 2 rings (SSSR count). The highest BCUT2D eigenvalue weighted by Crippen LogP contribution is 2.74. The van der Waals surface area contributed by atoms with E-state index < -0.39 is 0 Å². The Morgan fingerprint density at radius 3 is 1.85 bits per heavy atom. The average Bonchev–Trinajstić information content (AvgIpc) is 2.73. The predicted molar refractivity (Wildman–Crippen MR) is 61.7 cm³/mol. The molecular formula is C12H23P. The molecule has 2 aliphatic rings. The Morgan fingerprint density at radius 2 is 1.69 bits per heavy atom. The molecular weight excluding hydrogens is 175 g/mol. The largest absolute Gasteiger partial charge is 0.106 e. The van der Waals surface area contributed by atoms with Crippen LogP contribution in [0.1, 0.15) is 34.1 Å². The Hall–Kier alpha value is 0.430. The molecule has 0 radical (unpaired) electrons. The predicted octanol–water partition coefficient (Wildman–Crippen LogP) is 3.80. The van der Waals surface area contributed by atoms with E-state index in [9.17, 15) is 0 Å². The number of hydrogen-bond acceptors (Lipinski definition) is 0. The monoisotopic (exact) mass is 198 g/mol. The smallest absolute Gasteiger partial charge is 0.0174 e. The molecule has 0 spiro atoms. The Balaban J connectivity index is 2.25. The van der Waals surface area contributed by atoms with Gasteiger partial charge in [0.05, 0.1) is 0 Å². The van der Waals surface area contributed by atoms with E-state index in [-0.39, 0.29) is 0 Å². The lowest BCUT2D eigenvalue weighted by atomic mass is 9.67. The topological polar surface area (TPSA) is 0 Å². The van der Waals surface area contributed by atoms with Crippen LogP contribution in [0.5, 0.6) is 0 Å². The van der Waals surface area contributed by atoms with E-state index in [1.807, 2.05) is 0 Å². The van der Waals surface area contributed by atoms with Gasteiger partial charge in [0.2, 0.25) is 0 Å². The van der Waals surface area contributed by atoms with Crippen LogP contribution < -0.4 is 0 Å². The van der Waals surface area contributed by atoms with Gasteiger partial charge in [-0.05, 0) is 48.1 Å². The molecule has 1 heteroatoms. The maximum atomic E-state index is 2.53. The lowest BCUT2D eigenvalue weighted by Crippen LogP contribution is -2.36. The first-order valence-electron chi connectivity index (χ1n) is 5.70. The molecule has 13 heavy (non-hydrogen) atoms. The Kier molecular flexibility index (Phi) is 2.27. The molecule has 1 aliphatic carbocycles. The minimum atomic E-state index is 0.395. The molecule has 2 fully saturated rings. The standard InChI is InChI=1S/C12H23P/c1-8(2)12(9(3)4)7-13(5)11-6-10(11)12/h8-11H,6-7H2,1-5H3. The van der Waals surface area contributed by atoms with E-state index in [4.69, 9.17) is 0 Å². The zero-order valence-electron chi connectivity index (χ0n) is 9.67. The van der Waals surface area contributed by atoms with Gasteiger partial charge in [-0.2, -0.15) is 0 Å². The van der Waals surface area contributed by atoms with E-state index >= 15 is 0 Å². The molecule has 3 atom stereocenters. The summed E-state index contributed by atoms with van der Waals surface area (Å²) in [4.78, 5) is 0. The van der Waals surface area contributed by atoms with Gasteiger partial charge in [-0.3, -0.25) is 0 Å². The average molecular weight is 198 g/mol. The highest BCUT2D eigenvalue weighted by Gasteiger charge is 2.62. The molecule has 1 saturated heterocycles. The second-order valence-corrected chi connectivity index (χ2v) is 8.24. The third-order valence-corrected chi connectivity index (χ3v) is 7.44. The first-order valence-corrected chi connectivity index (χ1v) is 7.74. The summed E-state index contributed by atoms with van der Waals surface area (Å²) in [6.07, 6.45) is 3.13. The van der Waals surface area contributed by atoms with Gasteiger partial charge in [0, 0.05) is 0 Å². The molecule has 3 unspecified atom stereocenters. The minimum Gasteiger partial charge on any atom is -0.106 e. The molecule has 1 saturated carbocycles. The van der Waals surface area contributed by atoms with Gasteiger partial charge in [-0.1, -0.05) is 27.7 Å². The van der Waals surface area contributed by atoms with Crippen LogP contribution in [0.4, 0.5) is 0 Å². The molecule has 0 aromatic rings. The lowest BCUT2D eigenvalue weighted by Gasteiger charge is -2.40. The maximum Gasteiger partial charge on any atom is -0.0174 e. The summed E-state index contributed by atoms with van der Waals surface area (Å²) in [7, 11) is 0.395. The van der Waals surface area contributed by atoms with E-state index in [0.29, 0.717) is 7.92 Å². The normalized spacial score (nSPS) is 41.3. The molecule has 1 heterocycles. The first-order chi connectivity index (χ1) is 6.00. The summed E-state index contributed by atoms with van der Waals surface area (Å²) < 4.78 is 0. The summed E-state index contributed by atoms with van der Waals surface area (Å²) in [6, 6.07) is 0. The van der Waals surface area contributed by atoms with Crippen molar-refractivity contribution in [2.45, 2.75) is 39.8 Å². The van der Waals surface area contributed by atoms with Crippen molar-refractivity contribution in [1.29, 1.82) is 0 Å². The molecule has 0 aromatic carbocycles. The van der Waals surface area contributed by atoms with Gasteiger partial charge in [0.1, 0.15) is 0 Å². The summed E-state index contributed by atoms with van der Waals surface area (Å²) in [6.45, 7) is 12.3. The van der Waals surface area contributed by atoms with Crippen LogP contribution in [0.15, 0.2) is 0 Å². The quantitative estimate of drug-likeness (QED) is 0.592. The molecule has 1 aliphatic heterocycles. The highest BCUT2D eigenvalue weighted by atomic mass is 31.1. The third kappa shape index (κ3) is 1.21. The number of rotatable bonds is 2. The van der Waals surface area contributed by atoms with Gasteiger partial charge in [-0.25, -0.2) is 0 Å². The van der Waals surface area contributed by atoms with Crippen molar-refractivity contribution in [1.82, 2.24) is 0 Å². The van der Waals surface area contributed by atoms with Crippen LogP contribution in [-0.2, 0) is 0 Å². The molecule has 0 N–H and O–H groups in total. The molecule has 0 nitrogen and oxygen atoms in total. The van der Waals surface area contributed by atoms with E-state index in [1.54, 1.807) is 12.6 Å². The Bertz CT molecular complexity index is 199. The van der Waals surface area contributed by atoms with Gasteiger partial charge >= 0.3 is 0 Å².